The van der Waals surface area contributed by atoms with E-state index in [4.69, 9.17) is 9.47 Å². The molecule has 0 radical (unpaired) electrons. The summed E-state index contributed by atoms with van der Waals surface area (Å²) in [6, 6.07) is 13.2. The van der Waals surface area contributed by atoms with Crippen LogP contribution in [-0.4, -0.2) is 57.4 Å². The van der Waals surface area contributed by atoms with Gasteiger partial charge in [0.2, 0.25) is 10.0 Å². The zero-order valence-corrected chi connectivity index (χ0v) is 18.4. The van der Waals surface area contributed by atoms with Crippen LogP contribution in [0.4, 0.5) is 5.69 Å². The van der Waals surface area contributed by atoms with Crippen molar-refractivity contribution >= 4 is 25.7 Å². The molecule has 32 heavy (non-hydrogen) atoms. The second-order valence-electron chi connectivity index (χ2n) is 6.75. The van der Waals surface area contributed by atoms with E-state index in [1.807, 2.05) is 0 Å². The lowest BCUT2D eigenvalue weighted by Gasteiger charge is -2.26. The van der Waals surface area contributed by atoms with E-state index < -0.39 is 20.0 Å². The number of nitrogens with one attached hydrogen (secondary N) is 1. The molecular weight excluding hydrogens is 456 g/mol. The quantitative estimate of drug-likeness (QED) is 0.549. The summed E-state index contributed by atoms with van der Waals surface area (Å²) in [6.07, 6.45) is 3.09. The molecule has 1 fully saturated rings. The first-order valence-electron chi connectivity index (χ1n) is 9.60. The molecule has 1 aromatic heterocycles. The Labute approximate surface area is 185 Å². The number of sulfonamides is 2. The average Bonchev–Trinajstić information content (AvgIpc) is 2.81. The molecule has 0 atom stereocenters. The Morgan fingerprint density at radius 3 is 2.06 bits per heavy atom. The highest BCUT2D eigenvalue weighted by Gasteiger charge is 2.26. The van der Waals surface area contributed by atoms with Crippen molar-refractivity contribution in [1.29, 1.82) is 0 Å². The lowest BCUT2D eigenvalue weighted by Crippen LogP contribution is -2.40. The van der Waals surface area contributed by atoms with Crippen LogP contribution >= 0.6 is 0 Å². The molecule has 1 aliphatic heterocycles. The monoisotopic (exact) mass is 476 g/mol. The van der Waals surface area contributed by atoms with Crippen LogP contribution in [0.1, 0.15) is 0 Å². The molecule has 0 spiro atoms. The zero-order chi connectivity index (χ0) is 22.6. The second-order valence-corrected chi connectivity index (χ2v) is 10.4. The Hall–Kier alpha value is -3.06. The number of hydrogen-bond donors (Lipinski definition) is 1. The van der Waals surface area contributed by atoms with E-state index in [0.29, 0.717) is 24.7 Å². The normalized spacial score (nSPS) is 15.2. The lowest BCUT2D eigenvalue weighted by molar-refractivity contribution is 0.0730. The molecule has 10 nitrogen and oxygen atoms in total. The van der Waals surface area contributed by atoms with Crippen LogP contribution in [0.15, 0.2) is 76.8 Å². The van der Waals surface area contributed by atoms with Gasteiger partial charge in [0.05, 0.1) is 23.0 Å². The highest BCUT2D eigenvalue weighted by molar-refractivity contribution is 7.92. The third-order valence-corrected chi connectivity index (χ3v) is 7.91. The Balaban J connectivity index is 1.45. The first-order chi connectivity index (χ1) is 15.3. The highest BCUT2D eigenvalue weighted by atomic mass is 32.2. The third kappa shape index (κ3) is 5.05. The number of hydrogen-bond acceptors (Lipinski definition) is 8. The van der Waals surface area contributed by atoms with E-state index in [2.05, 4.69) is 14.7 Å². The molecule has 3 aromatic rings. The minimum atomic E-state index is -3.92. The van der Waals surface area contributed by atoms with E-state index in [1.165, 1.54) is 40.7 Å². The lowest BCUT2D eigenvalue weighted by atomic mass is 10.3. The summed E-state index contributed by atoms with van der Waals surface area (Å²) in [4.78, 5) is 7.88. The van der Waals surface area contributed by atoms with Crippen LogP contribution in [0.25, 0.3) is 0 Å². The van der Waals surface area contributed by atoms with Gasteiger partial charge in [-0.2, -0.15) is 4.31 Å². The van der Waals surface area contributed by atoms with Crippen molar-refractivity contribution in [3.8, 4) is 11.8 Å². The van der Waals surface area contributed by atoms with E-state index in [9.17, 15) is 16.8 Å². The summed E-state index contributed by atoms with van der Waals surface area (Å²) in [6.45, 7) is 1.19. The van der Waals surface area contributed by atoms with Gasteiger partial charge in [-0.05, 0) is 54.6 Å². The summed E-state index contributed by atoms with van der Waals surface area (Å²) >= 11 is 0. The summed E-state index contributed by atoms with van der Waals surface area (Å²) in [5.74, 6) is 0.442. The summed E-state index contributed by atoms with van der Waals surface area (Å²) in [5, 5.41) is 0. The Morgan fingerprint density at radius 2 is 1.44 bits per heavy atom. The van der Waals surface area contributed by atoms with Crippen molar-refractivity contribution in [2.24, 2.45) is 0 Å². The molecule has 12 heteroatoms. The number of rotatable bonds is 7. The minimum absolute atomic E-state index is 0.0305. The standard InChI is InChI=1S/C20H20N4O6S2/c25-31(26,23-16-2-4-17(5-3-16)30-20-21-10-1-11-22-20)18-6-8-19(9-7-18)32(27,28)24-12-14-29-15-13-24/h1-11,23H,12-15H2. The molecule has 0 unspecified atom stereocenters. The van der Waals surface area contributed by atoms with Crippen molar-refractivity contribution in [3.05, 3.63) is 67.0 Å². The Bertz CT molecular complexity index is 1260. The van der Waals surface area contributed by atoms with Gasteiger partial charge in [-0.3, -0.25) is 4.72 Å². The molecule has 0 bridgehead atoms. The highest BCUT2D eigenvalue weighted by Crippen LogP contribution is 2.23. The molecule has 2 heterocycles. The van der Waals surface area contributed by atoms with Crippen molar-refractivity contribution in [2.75, 3.05) is 31.0 Å². The van der Waals surface area contributed by atoms with E-state index in [1.54, 1.807) is 30.6 Å². The van der Waals surface area contributed by atoms with Gasteiger partial charge < -0.3 is 9.47 Å². The first-order valence-corrected chi connectivity index (χ1v) is 12.5. The van der Waals surface area contributed by atoms with Crippen LogP contribution in [0.3, 0.4) is 0 Å². The molecule has 0 aliphatic carbocycles. The topological polar surface area (TPSA) is 128 Å². The van der Waals surface area contributed by atoms with Crippen LogP contribution in [-0.2, 0) is 24.8 Å². The van der Waals surface area contributed by atoms with Gasteiger partial charge >= 0.3 is 6.01 Å². The number of morpholine rings is 1. The summed E-state index contributed by atoms with van der Waals surface area (Å²) in [7, 11) is -7.62. The van der Waals surface area contributed by atoms with E-state index in [-0.39, 0.29) is 28.9 Å². The molecule has 0 amide bonds. The van der Waals surface area contributed by atoms with Crippen molar-refractivity contribution < 1.29 is 26.3 Å². The number of anilines is 1. The Morgan fingerprint density at radius 1 is 0.844 bits per heavy atom. The van der Waals surface area contributed by atoms with Crippen LogP contribution in [0.5, 0.6) is 11.8 Å². The molecular formula is C20H20N4O6S2. The molecule has 0 saturated carbocycles. The molecule has 1 N–H and O–H groups in total. The number of ether oxygens (including phenoxy) is 2. The van der Waals surface area contributed by atoms with Gasteiger partial charge in [-0.25, -0.2) is 26.8 Å². The smallest absolute Gasteiger partial charge is 0.321 e. The van der Waals surface area contributed by atoms with Gasteiger partial charge in [0.1, 0.15) is 5.75 Å². The molecule has 4 rings (SSSR count). The van der Waals surface area contributed by atoms with Crippen LogP contribution < -0.4 is 9.46 Å². The average molecular weight is 477 g/mol. The number of benzene rings is 2. The maximum atomic E-state index is 12.7. The van der Waals surface area contributed by atoms with E-state index in [0.717, 1.165) is 0 Å². The van der Waals surface area contributed by atoms with Crippen molar-refractivity contribution in [2.45, 2.75) is 9.79 Å². The fourth-order valence-electron chi connectivity index (χ4n) is 2.98. The van der Waals surface area contributed by atoms with Gasteiger partial charge in [-0.1, -0.05) is 0 Å². The van der Waals surface area contributed by atoms with Gasteiger partial charge in [0, 0.05) is 31.2 Å². The zero-order valence-electron chi connectivity index (χ0n) is 16.8. The predicted octanol–water partition coefficient (Wildman–Crippen LogP) is 2.09. The summed E-state index contributed by atoms with van der Waals surface area (Å²) < 4.78 is 65.2. The van der Waals surface area contributed by atoms with Crippen molar-refractivity contribution in [1.82, 2.24) is 14.3 Å². The van der Waals surface area contributed by atoms with Gasteiger partial charge in [-0.15, -0.1) is 0 Å². The molecule has 1 aliphatic rings. The maximum absolute atomic E-state index is 12.7. The van der Waals surface area contributed by atoms with E-state index >= 15 is 0 Å². The SMILES string of the molecule is O=S(=O)(Nc1ccc(Oc2ncccn2)cc1)c1ccc(S(=O)(=O)N2CCOCC2)cc1. The Kier molecular flexibility index (Phi) is 6.37. The molecule has 168 valence electrons. The van der Waals surface area contributed by atoms with Crippen molar-refractivity contribution in [3.63, 3.8) is 0 Å². The minimum Gasteiger partial charge on any atom is -0.424 e. The fourth-order valence-corrected chi connectivity index (χ4v) is 5.44. The largest absolute Gasteiger partial charge is 0.424 e. The summed E-state index contributed by atoms with van der Waals surface area (Å²) in [5.41, 5.74) is 0.316. The van der Waals surface area contributed by atoms with Crippen LogP contribution in [0, 0.1) is 0 Å². The molecule has 1 saturated heterocycles. The fraction of sp³-hybridized carbons (Fsp3) is 0.200. The van der Waals surface area contributed by atoms with Gasteiger partial charge in [0.25, 0.3) is 10.0 Å². The predicted molar refractivity (Wildman–Crippen MR) is 115 cm³/mol. The van der Waals surface area contributed by atoms with Crippen LogP contribution in [0.2, 0.25) is 0 Å². The third-order valence-electron chi connectivity index (χ3n) is 4.60. The molecule has 2 aromatic carbocycles. The number of aromatic nitrogens is 2. The maximum Gasteiger partial charge on any atom is 0.321 e. The first kappa shape index (κ1) is 22.1. The second kappa shape index (κ2) is 9.20. The van der Waals surface area contributed by atoms with Gasteiger partial charge in [0.15, 0.2) is 0 Å². The number of nitrogens with zero attached hydrogens (tertiary/aromatic N) is 3.